The van der Waals surface area contributed by atoms with Crippen LogP contribution in [0.2, 0.25) is 0 Å². The van der Waals surface area contributed by atoms with Gasteiger partial charge < -0.3 is 5.23 Å². The van der Waals surface area contributed by atoms with Crippen molar-refractivity contribution in [1.82, 2.24) is 0 Å². The Hall–Kier alpha value is -1.97. The third kappa shape index (κ3) is 1.57. The molecule has 1 aliphatic heterocycles. The first kappa shape index (κ1) is 10.2. The second kappa shape index (κ2) is 3.80. The molecule has 0 amide bonds. The van der Waals surface area contributed by atoms with Gasteiger partial charge in [0.15, 0.2) is 0 Å². The van der Waals surface area contributed by atoms with Crippen LogP contribution in [0.1, 0.15) is 5.56 Å². The fraction of sp³-hybridized carbons (Fsp3) is 0.154. The summed E-state index contributed by atoms with van der Waals surface area (Å²) in [5, 5.41) is 3.30. The molecule has 0 saturated heterocycles. The zero-order valence-electron chi connectivity index (χ0n) is 10.0. The minimum Gasteiger partial charge on any atom is -0.382 e. The zero-order chi connectivity index (χ0) is 11.8. The first-order valence-corrected chi connectivity index (χ1v) is 5.71. The van der Waals surface area contributed by atoms with Gasteiger partial charge in [0.1, 0.15) is 11.4 Å². The number of fused-ring (bicyclic) bond motifs is 1. The van der Waals surface area contributed by atoms with Crippen LogP contribution < -0.4 is 14.6 Å². The molecular formula is C13H14BN3+. The number of rotatable bonds is 1. The van der Waals surface area contributed by atoms with E-state index in [0.717, 1.165) is 5.69 Å². The molecule has 0 bridgehead atoms. The molecule has 4 heteroatoms. The van der Waals surface area contributed by atoms with E-state index in [1.54, 1.807) is 0 Å². The van der Waals surface area contributed by atoms with E-state index in [-0.39, 0.29) is 0 Å². The van der Waals surface area contributed by atoms with Crippen LogP contribution in [0.5, 0.6) is 0 Å². The van der Waals surface area contributed by atoms with Gasteiger partial charge in [-0.3, -0.25) is 4.81 Å². The van der Waals surface area contributed by atoms with E-state index in [1.807, 2.05) is 13.6 Å². The van der Waals surface area contributed by atoms with Gasteiger partial charge in [-0.2, -0.15) is 0 Å². The average Bonchev–Trinajstić information content (AvgIpc) is 2.75. The molecule has 1 aromatic heterocycles. The van der Waals surface area contributed by atoms with Crippen LogP contribution in [0.25, 0.3) is 0 Å². The molecule has 17 heavy (non-hydrogen) atoms. The Bertz CT molecular complexity index is 568. The molecule has 0 saturated carbocycles. The van der Waals surface area contributed by atoms with Gasteiger partial charge >= 0.3 is 7.55 Å². The number of hydrogen-bond donors (Lipinski definition) is 1. The Morgan fingerprint density at radius 1 is 1.18 bits per heavy atom. The average molecular weight is 223 g/mol. The number of aryl methyl sites for hydroxylation is 2. The summed E-state index contributed by atoms with van der Waals surface area (Å²) in [6, 6.07) is 12.5. The minimum absolute atomic E-state index is 1.14. The van der Waals surface area contributed by atoms with Gasteiger partial charge in [-0.15, -0.1) is 0 Å². The predicted molar refractivity (Wildman–Crippen MR) is 70.3 cm³/mol. The van der Waals surface area contributed by atoms with Crippen LogP contribution >= 0.6 is 0 Å². The Labute approximate surface area is 102 Å². The summed E-state index contributed by atoms with van der Waals surface area (Å²) >= 11 is 0. The zero-order valence-corrected chi connectivity index (χ0v) is 10.0. The van der Waals surface area contributed by atoms with Crippen LogP contribution in [-0.2, 0) is 7.05 Å². The molecular weight excluding hydrogens is 209 g/mol. The quantitative estimate of drug-likeness (QED) is 0.588. The molecule has 83 valence electrons. The summed E-state index contributed by atoms with van der Waals surface area (Å²) in [5.41, 5.74) is 3.61. The standard InChI is InChI=1S/C13H14BN3/c1-10-6-3-4-8-12(10)17-13-11(15-14-17)7-5-9-16(13)2/h3-9,15H,1-2H3/q+1. The number of para-hydroxylation sites is 1. The molecule has 1 aromatic carbocycles. The van der Waals surface area contributed by atoms with Gasteiger partial charge in [0.25, 0.3) is 5.82 Å². The van der Waals surface area contributed by atoms with Crippen molar-refractivity contribution < 1.29 is 4.57 Å². The largest absolute Gasteiger partial charge is 0.545 e. The smallest absolute Gasteiger partial charge is 0.382 e. The van der Waals surface area contributed by atoms with Gasteiger partial charge in [-0.25, -0.2) is 4.57 Å². The molecule has 1 aliphatic rings. The van der Waals surface area contributed by atoms with Gasteiger partial charge in [0, 0.05) is 0 Å². The normalized spacial score (nSPS) is 12.9. The van der Waals surface area contributed by atoms with Crippen LogP contribution in [0.3, 0.4) is 0 Å². The first-order chi connectivity index (χ1) is 8.27. The second-order valence-corrected chi connectivity index (χ2v) is 4.29. The molecule has 3 nitrogen and oxygen atoms in total. The van der Waals surface area contributed by atoms with Crippen molar-refractivity contribution in [2.75, 3.05) is 10.0 Å². The summed E-state index contributed by atoms with van der Waals surface area (Å²) in [7, 11) is 4.07. The fourth-order valence-corrected chi connectivity index (χ4v) is 2.23. The molecule has 3 rings (SSSR count). The van der Waals surface area contributed by atoms with Gasteiger partial charge in [0.05, 0.1) is 13.2 Å². The molecule has 2 aromatic rings. The maximum Gasteiger partial charge on any atom is 0.545 e. The molecule has 0 unspecified atom stereocenters. The van der Waals surface area contributed by atoms with E-state index < -0.39 is 0 Å². The summed E-state index contributed by atoms with van der Waals surface area (Å²) < 4.78 is 2.12. The summed E-state index contributed by atoms with van der Waals surface area (Å²) in [4.78, 5) is 2.19. The number of aromatic nitrogens is 1. The lowest BCUT2D eigenvalue weighted by Gasteiger charge is -2.13. The molecule has 2 heterocycles. The predicted octanol–water partition coefficient (Wildman–Crippen LogP) is 1.92. The maximum absolute atomic E-state index is 3.30. The van der Waals surface area contributed by atoms with Crippen molar-refractivity contribution >= 4 is 24.7 Å². The van der Waals surface area contributed by atoms with Crippen molar-refractivity contribution in [3.63, 3.8) is 0 Å². The molecule has 0 aliphatic carbocycles. The van der Waals surface area contributed by atoms with E-state index in [0.29, 0.717) is 0 Å². The van der Waals surface area contributed by atoms with Crippen LogP contribution in [-0.4, -0.2) is 7.55 Å². The molecule has 0 spiro atoms. The number of nitrogens with zero attached hydrogens (tertiary/aromatic N) is 2. The van der Waals surface area contributed by atoms with Gasteiger partial charge in [0.2, 0.25) is 0 Å². The topological polar surface area (TPSA) is 19.1 Å². The number of nitrogens with one attached hydrogen (secondary N) is 1. The fourth-order valence-electron chi connectivity index (χ4n) is 2.23. The third-order valence-electron chi connectivity index (χ3n) is 3.10. The highest BCUT2D eigenvalue weighted by Gasteiger charge is 2.33. The summed E-state index contributed by atoms with van der Waals surface area (Å²) in [6.07, 6.45) is 2.06. The third-order valence-corrected chi connectivity index (χ3v) is 3.10. The van der Waals surface area contributed by atoms with Gasteiger partial charge in [-0.05, 0) is 30.7 Å². The minimum atomic E-state index is 1.14. The Balaban J connectivity index is 2.13. The summed E-state index contributed by atoms with van der Waals surface area (Å²) in [6.45, 7) is 2.13. The monoisotopic (exact) mass is 223 g/mol. The number of anilines is 3. The SMILES string of the molecule is Cc1ccccc1N1[B]Nc2ccc[n+](C)c21. The van der Waals surface area contributed by atoms with E-state index in [4.69, 9.17) is 0 Å². The summed E-state index contributed by atoms with van der Waals surface area (Å²) in [5.74, 6) is 1.17. The Morgan fingerprint density at radius 2 is 2.00 bits per heavy atom. The highest BCUT2D eigenvalue weighted by molar-refractivity contribution is 6.51. The molecule has 1 N–H and O–H groups in total. The highest BCUT2D eigenvalue weighted by Crippen LogP contribution is 2.33. The van der Waals surface area contributed by atoms with Crippen molar-refractivity contribution in [2.45, 2.75) is 6.92 Å². The van der Waals surface area contributed by atoms with Crippen molar-refractivity contribution in [1.29, 1.82) is 0 Å². The van der Waals surface area contributed by atoms with Gasteiger partial charge in [-0.1, -0.05) is 18.2 Å². The molecule has 0 atom stereocenters. The second-order valence-electron chi connectivity index (χ2n) is 4.29. The van der Waals surface area contributed by atoms with E-state index in [2.05, 4.69) is 65.1 Å². The van der Waals surface area contributed by atoms with Crippen LogP contribution in [0, 0.1) is 6.92 Å². The lowest BCUT2D eigenvalue weighted by molar-refractivity contribution is -0.657. The first-order valence-electron chi connectivity index (χ1n) is 5.71. The molecule has 1 radical (unpaired) electrons. The van der Waals surface area contributed by atoms with E-state index in [1.165, 1.54) is 17.1 Å². The number of hydrogen-bond acceptors (Lipinski definition) is 2. The maximum atomic E-state index is 3.30. The highest BCUT2D eigenvalue weighted by atomic mass is 15.3. The van der Waals surface area contributed by atoms with Crippen molar-refractivity contribution in [3.05, 3.63) is 48.2 Å². The number of pyridine rings is 1. The van der Waals surface area contributed by atoms with Crippen molar-refractivity contribution in [2.24, 2.45) is 7.05 Å². The van der Waals surface area contributed by atoms with Crippen LogP contribution in [0.15, 0.2) is 42.6 Å². The lowest BCUT2D eigenvalue weighted by Crippen LogP contribution is -2.35. The van der Waals surface area contributed by atoms with E-state index >= 15 is 0 Å². The van der Waals surface area contributed by atoms with Crippen molar-refractivity contribution in [3.8, 4) is 0 Å². The number of benzene rings is 1. The lowest BCUT2D eigenvalue weighted by atomic mass is 10.1. The van der Waals surface area contributed by atoms with E-state index in [9.17, 15) is 0 Å². The Kier molecular flexibility index (Phi) is 2.28. The Morgan fingerprint density at radius 3 is 2.82 bits per heavy atom. The molecule has 0 fully saturated rings. The van der Waals surface area contributed by atoms with Crippen LogP contribution in [0.4, 0.5) is 17.2 Å².